The third kappa shape index (κ3) is 4.61. The maximum absolute atomic E-state index is 14.7. The Balaban J connectivity index is 1.58. The summed E-state index contributed by atoms with van der Waals surface area (Å²) in [6.07, 6.45) is 0. The predicted octanol–water partition coefficient (Wildman–Crippen LogP) is 4.99. The number of fused-ring (bicyclic) bond motifs is 1. The highest BCUT2D eigenvalue weighted by atomic mass is 35.5. The number of hydrogen-bond acceptors (Lipinski definition) is 6. The van der Waals surface area contributed by atoms with Gasteiger partial charge in [0.1, 0.15) is 34.7 Å². The van der Waals surface area contributed by atoms with Crippen LogP contribution in [0.3, 0.4) is 0 Å². The molecule has 3 aromatic rings. The van der Waals surface area contributed by atoms with Crippen LogP contribution in [-0.4, -0.2) is 12.6 Å². The monoisotopic (exact) mass is 464 g/mol. The van der Waals surface area contributed by atoms with Gasteiger partial charge in [0.05, 0.1) is 5.92 Å². The normalized spacial score (nSPS) is 14.7. The van der Waals surface area contributed by atoms with Crippen molar-refractivity contribution in [1.29, 1.82) is 5.26 Å². The first-order chi connectivity index (χ1) is 15.9. The van der Waals surface area contributed by atoms with Gasteiger partial charge in [-0.2, -0.15) is 5.26 Å². The summed E-state index contributed by atoms with van der Waals surface area (Å²) in [5.41, 5.74) is 7.62. The number of carbonyl (C=O) groups is 1. The van der Waals surface area contributed by atoms with E-state index in [4.69, 9.17) is 31.5 Å². The fourth-order valence-electron chi connectivity index (χ4n) is 3.52. The van der Waals surface area contributed by atoms with E-state index in [2.05, 4.69) is 0 Å². The van der Waals surface area contributed by atoms with Crippen LogP contribution in [0.2, 0.25) is 5.02 Å². The molecule has 0 aromatic heterocycles. The van der Waals surface area contributed by atoms with Crippen molar-refractivity contribution in [2.24, 2.45) is 5.73 Å². The summed E-state index contributed by atoms with van der Waals surface area (Å²) in [7, 11) is 0. The van der Waals surface area contributed by atoms with Crippen LogP contribution in [0.1, 0.15) is 22.6 Å². The number of nitrogens with two attached hydrogens (primary N) is 1. The minimum absolute atomic E-state index is 0.0331. The lowest BCUT2D eigenvalue weighted by atomic mass is 9.83. The molecule has 1 aliphatic rings. The minimum atomic E-state index is -0.873. The second-order valence-corrected chi connectivity index (χ2v) is 7.74. The number of nitrogens with zero attached hydrogens (tertiary/aromatic N) is 1. The first-order valence-corrected chi connectivity index (χ1v) is 10.3. The van der Waals surface area contributed by atoms with Crippen LogP contribution in [0, 0.1) is 24.1 Å². The quantitative estimate of drug-likeness (QED) is 0.422. The van der Waals surface area contributed by atoms with Crippen molar-refractivity contribution >= 4 is 17.6 Å². The van der Waals surface area contributed by atoms with Crippen molar-refractivity contribution in [1.82, 2.24) is 0 Å². The van der Waals surface area contributed by atoms with Crippen molar-refractivity contribution in [3.8, 4) is 23.3 Å². The molecule has 1 unspecified atom stereocenters. The van der Waals surface area contributed by atoms with Crippen LogP contribution in [-0.2, 0) is 4.79 Å². The maximum Gasteiger partial charge on any atom is 0.349 e. The van der Waals surface area contributed by atoms with E-state index in [9.17, 15) is 14.4 Å². The summed E-state index contributed by atoms with van der Waals surface area (Å²) >= 11 is 6.26. The molecule has 0 aliphatic carbocycles. The van der Waals surface area contributed by atoms with E-state index in [0.29, 0.717) is 11.3 Å². The van der Waals surface area contributed by atoms with E-state index in [1.807, 2.05) is 25.1 Å². The number of hydrogen-bond donors (Lipinski definition) is 1. The zero-order valence-electron chi connectivity index (χ0n) is 17.5. The Morgan fingerprint density at radius 3 is 2.61 bits per heavy atom. The standard InChI is InChI=1S/C25H18ClFN2O4/c1-14-5-7-15(8-6-14)31-13-22(30)32-16-9-10-17-21(11-16)33-25(29)18(12-28)23(17)24-19(26)3-2-4-20(24)27/h2-11,23H,13,29H2,1H3. The van der Waals surface area contributed by atoms with Gasteiger partial charge in [-0.1, -0.05) is 41.4 Å². The zero-order valence-corrected chi connectivity index (χ0v) is 18.2. The highest BCUT2D eigenvalue weighted by molar-refractivity contribution is 6.31. The molecule has 1 atom stereocenters. The highest BCUT2D eigenvalue weighted by Gasteiger charge is 2.34. The van der Waals surface area contributed by atoms with Gasteiger partial charge >= 0.3 is 5.97 Å². The van der Waals surface area contributed by atoms with Crippen molar-refractivity contribution in [2.75, 3.05) is 6.61 Å². The summed E-state index contributed by atoms with van der Waals surface area (Å²) in [4.78, 5) is 12.2. The number of rotatable bonds is 5. The molecule has 166 valence electrons. The largest absolute Gasteiger partial charge is 0.482 e. The molecule has 33 heavy (non-hydrogen) atoms. The van der Waals surface area contributed by atoms with Gasteiger partial charge in [-0.25, -0.2) is 9.18 Å². The molecule has 1 aliphatic heterocycles. The van der Waals surface area contributed by atoms with Gasteiger partial charge in [0.2, 0.25) is 5.88 Å². The number of allylic oxidation sites excluding steroid dienone is 1. The van der Waals surface area contributed by atoms with Gasteiger partial charge in [-0.05, 0) is 37.3 Å². The molecule has 2 N–H and O–H groups in total. The van der Waals surface area contributed by atoms with Crippen molar-refractivity contribution in [3.63, 3.8) is 0 Å². The molecule has 0 bridgehead atoms. The minimum Gasteiger partial charge on any atom is -0.482 e. The highest BCUT2D eigenvalue weighted by Crippen LogP contribution is 2.46. The summed E-state index contributed by atoms with van der Waals surface area (Å²) in [6, 6.07) is 18.0. The average molecular weight is 465 g/mol. The topological polar surface area (TPSA) is 94.6 Å². The molecule has 0 amide bonds. The van der Waals surface area contributed by atoms with Crippen molar-refractivity contribution in [2.45, 2.75) is 12.8 Å². The lowest BCUT2D eigenvalue weighted by Gasteiger charge is -2.27. The fourth-order valence-corrected chi connectivity index (χ4v) is 3.79. The summed E-state index contributed by atoms with van der Waals surface area (Å²) < 4.78 is 31.0. The Hall–Kier alpha value is -4.02. The van der Waals surface area contributed by atoms with Gasteiger partial charge in [-0.15, -0.1) is 0 Å². The Bertz CT molecular complexity index is 1280. The lowest BCUT2D eigenvalue weighted by molar-refractivity contribution is -0.136. The van der Waals surface area contributed by atoms with Crippen molar-refractivity contribution in [3.05, 3.63) is 99.7 Å². The molecule has 6 nitrogen and oxygen atoms in total. The third-order valence-electron chi connectivity index (χ3n) is 5.09. The average Bonchev–Trinajstić information content (AvgIpc) is 2.78. The Morgan fingerprint density at radius 2 is 1.91 bits per heavy atom. The number of aryl methyl sites for hydroxylation is 1. The molecular weight excluding hydrogens is 447 g/mol. The molecule has 0 spiro atoms. The molecule has 0 saturated carbocycles. The van der Waals surface area contributed by atoms with Crippen LogP contribution in [0.15, 0.2) is 72.1 Å². The Labute approximate surface area is 194 Å². The van der Waals surface area contributed by atoms with E-state index in [0.717, 1.165) is 5.56 Å². The van der Waals surface area contributed by atoms with E-state index >= 15 is 0 Å². The second kappa shape index (κ2) is 9.23. The SMILES string of the molecule is Cc1ccc(OCC(=O)Oc2ccc3c(c2)OC(N)=C(C#N)C3c2c(F)cccc2Cl)cc1. The van der Waals surface area contributed by atoms with Crippen LogP contribution < -0.4 is 19.9 Å². The van der Waals surface area contributed by atoms with E-state index in [-0.39, 0.29) is 40.1 Å². The first kappa shape index (κ1) is 22.2. The molecule has 0 radical (unpaired) electrons. The van der Waals surface area contributed by atoms with Gasteiger partial charge in [0.25, 0.3) is 0 Å². The molecule has 0 saturated heterocycles. The first-order valence-electron chi connectivity index (χ1n) is 9.93. The summed E-state index contributed by atoms with van der Waals surface area (Å²) in [6.45, 7) is 1.65. The molecule has 3 aromatic carbocycles. The van der Waals surface area contributed by atoms with E-state index < -0.39 is 17.7 Å². The van der Waals surface area contributed by atoms with Crippen LogP contribution >= 0.6 is 11.6 Å². The zero-order chi connectivity index (χ0) is 23.5. The summed E-state index contributed by atoms with van der Waals surface area (Å²) in [5, 5.41) is 9.78. The van der Waals surface area contributed by atoms with Crippen LogP contribution in [0.4, 0.5) is 4.39 Å². The third-order valence-corrected chi connectivity index (χ3v) is 5.42. The fraction of sp³-hybridized carbons (Fsp3) is 0.120. The number of halogens is 2. The smallest absolute Gasteiger partial charge is 0.349 e. The van der Waals surface area contributed by atoms with Gasteiger partial charge in [0, 0.05) is 22.2 Å². The number of benzene rings is 3. The molecular formula is C25H18ClFN2O4. The number of ether oxygens (including phenoxy) is 3. The van der Waals surface area contributed by atoms with E-state index in [1.54, 1.807) is 18.2 Å². The summed E-state index contributed by atoms with van der Waals surface area (Å²) in [5.74, 6) is -1.32. The number of carbonyl (C=O) groups excluding carboxylic acids is 1. The van der Waals surface area contributed by atoms with E-state index in [1.165, 1.54) is 30.3 Å². The predicted molar refractivity (Wildman–Crippen MR) is 119 cm³/mol. The lowest BCUT2D eigenvalue weighted by Crippen LogP contribution is -2.22. The molecule has 8 heteroatoms. The number of nitriles is 1. The molecule has 1 heterocycles. The Morgan fingerprint density at radius 1 is 1.18 bits per heavy atom. The number of esters is 1. The Kier molecular flexibility index (Phi) is 6.20. The molecule has 0 fully saturated rings. The van der Waals surface area contributed by atoms with Crippen molar-refractivity contribution < 1.29 is 23.4 Å². The second-order valence-electron chi connectivity index (χ2n) is 7.34. The van der Waals surface area contributed by atoms with Gasteiger partial charge < -0.3 is 19.9 Å². The molecule has 4 rings (SSSR count). The van der Waals surface area contributed by atoms with Gasteiger partial charge in [0.15, 0.2) is 6.61 Å². The maximum atomic E-state index is 14.7. The van der Waals surface area contributed by atoms with Crippen LogP contribution in [0.25, 0.3) is 0 Å². The van der Waals surface area contributed by atoms with Gasteiger partial charge in [-0.3, -0.25) is 0 Å². The van der Waals surface area contributed by atoms with Crippen LogP contribution in [0.5, 0.6) is 17.2 Å².